The summed E-state index contributed by atoms with van der Waals surface area (Å²) in [6.07, 6.45) is 1.89. The minimum Gasteiger partial charge on any atom is -0.466 e. The third-order valence-corrected chi connectivity index (χ3v) is 9.76. The van der Waals surface area contributed by atoms with E-state index in [1.807, 2.05) is 19.9 Å². The van der Waals surface area contributed by atoms with E-state index in [1.165, 1.54) is 0 Å². The summed E-state index contributed by atoms with van der Waals surface area (Å²) in [5, 5.41) is 0.0741. The molecule has 0 bridgehead atoms. The van der Waals surface area contributed by atoms with Gasteiger partial charge in [0.2, 0.25) is 0 Å². The smallest absolute Gasteiger partial charge is 0.308 e. The highest BCUT2D eigenvalue weighted by Crippen LogP contribution is 2.49. The van der Waals surface area contributed by atoms with Crippen LogP contribution in [0.15, 0.2) is 12.7 Å². The highest BCUT2D eigenvalue weighted by Gasteiger charge is 2.61. The van der Waals surface area contributed by atoms with Gasteiger partial charge in [-0.2, -0.15) is 0 Å². The van der Waals surface area contributed by atoms with Crippen LogP contribution in [0, 0.1) is 5.92 Å². The van der Waals surface area contributed by atoms with Gasteiger partial charge in [0.25, 0.3) is 0 Å². The normalized spacial score (nSPS) is 27.2. The quantitative estimate of drug-likeness (QED) is 0.285. The van der Waals surface area contributed by atoms with Crippen molar-refractivity contribution in [1.82, 2.24) is 0 Å². The first kappa shape index (κ1) is 20.4. The number of hydrogen-bond acceptors (Lipinski definition) is 4. The molecule has 1 fully saturated rings. The van der Waals surface area contributed by atoms with Gasteiger partial charge in [-0.05, 0) is 32.0 Å². The summed E-state index contributed by atoms with van der Waals surface area (Å²) in [5.74, 6) is 0.00523. The molecule has 1 aliphatic rings. The number of esters is 1. The molecule has 0 saturated carbocycles. The van der Waals surface area contributed by atoms with E-state index >= 15 is 0 Å². The van der Waals surface area contributed by atoms with Crippen LogP contribution < -0.4 is 0 Å². The molecule has 0 aliphatic carbocycles. The lowest BCUT2D eigenvalue weighted by molar-refractivity contribution is -0.146. The van der Waals surface area contributed by atoms with Crippen molar-refractivity contribution in [2.75, 3.05) is 6.61 Å². The van der Waals surface area contributed by atoms with E-state index in [-0.39, 0.29) is 35.6 Å². The summed E-state index contributed by atoms with van der Waals surface area (Å²) in [4.78, 5) is 12.0. The van der Waals surface area contributed by atoms with Crippen molar-refractivity contribution in [3.8, 4) is 0 Å². The Hall–Kier alpha value is -0.653. The van der Waals surface area contributed by atoms with Crippen LogP contribution in [0.2, 0.25) is 18.1 Å². The number of ether oxygens (including phenoxy) is 2. The first-order valence-electron chi connectivity index (χ1n) is 8.53. The second-order valence-corrected chi connectivity index (χ2v) is 12.9. The van der Waals surface area contributed by atoms with Gasteiger partial charge in [0.05, 0.1) is 25.2 Å². The van der Waals surface area contributed by atoms with Crippen molar-refractivity contribution in [2.45, 2.75) is 83.9 Å². The van der Waals surface area contributed by atoms with Crippen LogP contribution in [-0.2, 0) is 18.7 Å². The lowest BCUT2D eigenvalue weighted by Gasteiger charge is -2.40. The average Bonchev–Trinajstić information content (AvgIpc) is 3.09. The van der Waals surface area contributed by atoms with Gasteiger partial charge < -0.3 is 13.9 Å². The molecule has 0 radical (unpaired) electrons. The molecule has 23 heavy (non-hydrogen) atoms. The Kier molecular flexibility index (Phi) is 6.27. The van der Waals surface area contributed by atoms with Crippen molar-refractivity contribution in [3.05, 3.63) is 12.7 Å². The van der Waals surface area contributed by atoms with Crippen LogP contribution >= 0.6 is 0 Å². The molecule has 1 aliphatic heterocycles. The van der Waals surface area contributed by atoms with Crippen LogP contribution in [0.4, 0.5) is 0 Å². The first-order valence-corrected chi connectivity index (χ1v) is 11.4. The minimum atomic E-state index is -2.02. The Labute approximate surface area is 142 Å². The van der Waals surface area contributed by atoms with Gasteiger partial charge in [-0.25, -0.2) is 0 Å². The molecule has 1 rings (SSSR count). The van der Waals surface area contributed by atoms with Gasteiger partial charge in [-0.1, -0.05) is 33.8 Å². The second kappa shape index (κ2) is 7.07. The molecule has 1 saturated heterocycles. The fourth-order valence-corrected chi connectivity index (χ4v) is 3.90. The number of carbonyl (C=O) groups is 1. The summed E-state index contributed by atoms with van der Waals surface area (Å²) in [6.45, 7) is 21.1. The number of hydrogen-bond donors (Lipinski definition) is 0. The van der Waals surface area contributed by atoms with Crippen LogP contribution in [0.5, 0.6) is 0 Å². The van der Waals surface area contributed by atoms with Crippen molar-refractivity contribution < 1.29 is 18.7 Å². The van der Waals surface area contributed by atoms with Crippen LogP contribution in [0.3, 0.4) is 0 Å². The average molecular weight is 343 g/mol. The third kappa shape index (κ3) is 4.67. The Morgan fingerprint density at radius 2 is 2.00 bits per heavy atom. The molecule has 0 unspecified atom stereocenters. The largest absolute Gasteiger partial charge is 0.466 e. The summed E-state index contributed by atoms with van der Waals surface area (Å²) in [6, 6.07) is 0. The van der Waals surface area contributed by atoms with Crippen LogP contribution in [0.25, 0.3) is 0 Å². The van der Waals surface area contributed by atoms with Gasteiger partial charge >= 0.3 is 5.97 Å². The summed E-state index contributed by atoms with van der Waals surface area (Å²) < 4.78 is 17.7. The van der Waals surface area contributed by atoms with Crippen LogP contribution in [-0.4, -0.2) is 38.7 Å². The number of epoxide rings is 1. The zero-order chi connectivity index (χ0) is 18.1. The molecule has 0 amide bonds. The van der Waals surface area contributed by atoms with Crippen molar-refractivity contribution in [2.24, 2.45) is 5.92 Å². The molecule has 0 aromatic rings. The SMILES string of the molecule is C=C[C@@H](C)[C@@H]1O[C@@]1(C)[C@H](CC(=O)OCC)O[Si](C)(C)C(C)(C)C. The maximum absolute atomic E-state index is 12.0. The minimum absolute atomic E-state index is 0.0456. The Morgan fingerprint density at radius 1 is 1.43 bits per heavy atom. The van der Waals surface area contributed by atoms with Gasteiger partial charge in [0.15, 0.2) is 8.32 Å². The molecular weight excluding hydrogens is 308 g/mol. The summed E-state index contributed by atoms with van der Waals surface area (Å²) in [7, 11) is -2.02. The van der Waals surface area contributed by atoms with Crippen molar-refractivity contribution >= 4 is 14.3 Å². The molecule has 0 N–H and O–H groups in total. The molecule has 0 aromatic heterocycles. The Balaban J connectivity index is 2.96. The zero-order valence-electron chi connectivity index (χ0n) is 16.1. The monoisotopic (exact) mass is 342 g/mol. The summed E-state index contributed by atoms with van der Waals surface area (Å²) in [5.41, 5.74) is -0.449. The lowest BCUT2D eigenvalue weighted by atomic mass is 9.91. The predicted octanol–water partition coefficient (Wildman–Crippen LogP) is 4.31. The molecule has 134 valence electrons. The van der Waals surface area contributed by atoms with E-state index in [0.717, 1.165) is 0 Å². The molecule has 1 heterocycles. The highest BCUT2D eigenvalue weighted by molar-refractivity contribution is 6.74. The van der Waals surface area contributed by atoms with Crippen LogP contribution in [0.1, 0.15) is 48.0 Å². The van der Waals surface area contributed by atoms with Crippen molar-refractivity contribution in [1.29, 1.82) is 0 Å². The fraction of sp³-hybridized carbons (Fsp3) is 0.833. The van der Waals surface area contributed by atoms with Crippen molar-refractivity contribution in [3.63, 3.8) is 0 Å². The van der Waals surface area contributed by atoms with E-state index in [0.29, 0.717) is 6.61 Å². The predicted molar refractivity (Wildman–Crippen MR) is 96.0 cm³/mol. The fourth-order valence-electron chi connectivity index (χ4n) is 2.52. The zero-order valence-corrected chi connectivity index (χ0v) is 17.1. The van der Waals surface area contributed by atoms with E-state index in [9.17, 15) is 4.79 Å². The maximum atomic E-state index is 12.0. The first-order chi connectivity index (χ1) is 10.4. The topological polar surface area (TPSA) is 48.1 Å². The van der Waals surface area contributed by atoms with E-state index in [2.05, 4.69) is 47.4 Å². The van der Waals surface area contributed by atoms with Gasteiger partial charge in [-0.3, -0.25) is 4.79 Å². The van der Waals surface area contributed by atoms with E-state index < -0.39 is 13.9 Å². The van der Waals surface area contributed by atoms with E-state index in [1.54, 1.807) is 0 Å². The molecular formula is C18H34O4Si. The Morgan fingerprint density at radius 3 is 2.43 bits per heavy atom. The number of rotatable bonds is 8. The van der Waals surface area contributed by atoms with Gasteiger partial charge in [-0.15, -0.1) is 6.58 Å². The highest BCUT2D eigenvalue weighted by atomic mass is 28.4. The standard InChI is InChI=1S/C18H34O4Si/c1-10-13(3)16-18(7,21-16)14(12-15(19)20-11-2)22-23(8,9)17(4,5)6/h10,13-14,16H,1,11-12H2,2-9H3/t13-,14+,16+,18+/m1/s1. The second-order valence-electron chi connectivity index (χ2n) is 8.19. The lowest BCUT2D eigenvalue weighted by Crippen LogP contribution is -2.49. The third-order valence-electron chi connectivity index (χ3n) is 5.28. The molecule has 4 nitrogen and oxygen atoms in total. The van der Waals surface area contributed by atoms with Gasteiger partial charge in [0, 0.05) is 5.92 Å². The maximum Gasteiger partial charge on any atom is 0.308 e. The molecule has 4 atom stereocenters. The molecule has 0 aromatic carbocycles. The molecule has 0 spiro atoms. The van der Waals surface area contributed by atoms with Gasteiger partial charge in [0.1, 0.15) is 5.60 Å². The molecule has 5 heteroatoms. The summed E-state index contributed by atoms with van der Waals surface area (Å²) >= 11 is 0. The van der Waals surface area contributed by atoms with E-state index in [4.69, 9.17) is 13.9 Å². The number of carbonyl (C=O) groups excluding carboxylic acids is 1. The Bertz CT molecular complexity index is 441.